The first-order chi connectivity index (χ1) is 6.61. The molecular formula is C13H25N. The lowest BCUT2D eigenvalue weighted by molar-refractivity contribution is -0.0650. The van der Waals surface area contributed by atoms with Crippen molar-refractivity contribution in [3.8, 4) is 0 Å². The zero-order valence-corrected chi connectivity index (χ0v) is 10.2. The van der Waals surface area contributed by atoms with E-state index in [2.05, 4.69) is 32.6 Å². The van der Waals surface area contributed by atoms with Crippen LogP contribution in [-0.2, 0) is 0 Å². The molecule has 0 aromatic rings. The van der Waals surface area contributed by atoms with Crippen molar-refractivity contribution in [2.75, 3.05) is 6.54 Å². The SMILES string of the molecule is CC(C)C1CC2C1CCCN2C(C)C. The van der Waals surface area contributed by atoms with Crippen molar-refractivity contribution in [2.24, 2.45) is 17.8 Å². The van der Waals surface area contributed by atoms with Gasteiger partial charge in [-0.05, 0) is 57.4 Å². The Morgan fingerprint density at radius 3 is 2.43 bits per heavy atom. The predicted molar refractivity (Wildman–Crippen MR) is 61.3 cm³/mol. The molecule has 1 aliphatic heterocycles. The first-order valence-electron chi connectivity index (χ1n) is 6.37. The fourth-order valence-corrected chi connectivity index (χ4v) is 3.59. The Kier molecular flexibility index (Phi) is 2.88. The summed E-state index contributed by atoms with van der Waals surface area (Å²) in [6.45, 7) is 10.9. The number of hydrogen-bond acceptors (Lipinski definition) is 1. The van der Waals surface area contributed by atoms with E-state index in [1.807, 2.05) is 0 Å². The van der Waals surface area contributed by atoms with Crippen molar-refractivity contribution < 1.29 is 0 Å². The van der Waals surface area contributed by atoms with Crippen LogP contribution >= 0.6 is 0 Å². The Balaban J connectivity index is 1.98. The number of nitrogens with zero attached hydrogens (tertiary/aromatic N) is 1. The zero-order chi connectivity index (χ0) is 10.3. The fourth-order valence-electron chi connectivity index (χ4n) is 3.59. The average molecular weight is 195 g/mol. The van der Waals surface area contributed by atoms with Crippen LogP contribution in [-0.4, -0.2) is 23.5 Å². The lowest BCUT2D eigenvalue weighted by atomic mass is 9.60. The van der Waals surface area contributed by atoms with Gasteiger partial charge in [0, 0.05) is 12.1 Å². The van der Waals surface area contributed by atoms with E-state index in [1.54, 1.807) is 0 Å². The van der Waals surface area contributed by atoms with E-state index in [1.165, 1.54) is 25.8 Å². The van der Waals surface area contributed by atoms with Crippen LogP contribution in [0.1, 0.15) is 47.0 Å². The minimum atomic E-state index is 0.760. The zero-order valence-electron chi connectivity index (χ0n) is 10.2. The molecule has 0 spiro atoms. The number of fused-ring (bicyclic) bond motifs is 1. The van der Waals surface area contributed by atoms with E-state index in [0.717, 1.165) is 29.8 Å². The Morgan fingerprint density at radius 2 is 1.86 bits per heavy atom. The third kappa shape index (κ3) is 1.60. The molecule has 0 aromatic carbocycles. The van der Waals surface area contributed by atoms with Crippen molar-refractivity contribution in [2.45, 2.75) is 59.0 Å². The van der Waals surface area contributed by atoms with Crippen LogP contribution in [0.5, 0.6) is 0 Å². The molecule has 1 aliphatic carbocycles. The summed E-state index contributed by atoms with van der Waals surface area (Å²) in [4.78, 5) is 2.74. The van der Waals surface area contributed by atoms with E-state index in [4.69, 9.17) is 0 Å². The number of likely N-dealkylation sites (tertiary alicyclic amines) is 1. The molecule has 0 aromatic heterocycles. The summed E-state index contributed by atoms with van der Waals surface area (Å²) in [7, 11) is 0. The Bertz CT molecular complexity index is 197. The van der Waals surface area contributed by atoms with Crippen molar-refractivity contribution in [1.82, 2.24) is 4.90 Å². The van der Waals surface area contributed by atoms with E-state index in [-0.39, 0.29) is 0 Å². The third-order valence-electron chi connectivity index (χ3n) is 4.46. The molecule has 0 N–H and O–H groups in total. The standard InChI is InChI=1S/C13H25N/c1-9(2)12-8-13-11(12)6-5-7-14(13)10(3)4/h9-13H,5-8H2,1-4H3. The van der Waals surface area contributed by atoms with E-state index in [9.17, 15) is 0 Å². The topological polar surface area (TPSA) is 3.24 Å². The second-order valence-electron chi connectivity index (χ2n) is 5.85. The quantitative estimate of drug-likeness (QED) is 0.654. The summed E-state index contributed by atoms with van der Waals surface area (Å²) in [6.07, 6.45) is 4.40. The molecule has 2 aliphatic rings. The Morgan fingerprint density at radius 1 is 1.14 bits per heavy atom. The van der Waals surface area contributed by atoms with Gasteiger partial charge in [-0.25, -0.2) is 0 Å². The summed E-state index contributed by atoms with van der Waals surface area (Å²) >= 11 is 0. The largest absolute Gasteiger partial charge is 0.298 e. The van der Waals surface area contributed by atoms with Crippen LogP contribution in [0.2, 0.25) is 0 Å². The second-order valence-corrected chi connectivity index (χ2v) is 5.85. The summed E-state index contributed by atoms with van der Waals surface area (Å²) in [5.74, 6) is 2.97. The average Bonchev–Trinajstić information content (AvgIpc) is 2.05. The highest BCUT2D eigenvalue weighted by atomic mass is 15.2. The highest BCUT2D eigenvalue weighted by Crippen LogP contribution is 2.48. The second kappa shape index (κ2) is 3.84. The van der Waals surface area contributed by atoms with E-state index < -0.39 is 0 Å². The normalized spacial score (nSPS) is 38.6. The Labute approximate surface area is 88.9 Å². The Hall–Kier alpha value is -0.0400. The lowest BCUT2D eigenvalue weighted by Crippen LogP contribution is -2.59. The molecule has 14 heavy (non-hydrogen) atoms. The summed E-state index contributed by atoms with van der Waals surface area (Å²) in [5.41, 5.74) is 0. The van der Waals surface area contributed by atoms with Gasteiger partial charge >= 0.3 is 0 Å². The minimum absolute atomic E-state index is 0.760. The van der Waals surface area contributed by atoms with Crippen LogP contribution in [0.15, 0.2) is 0 Å². The van der Waals surface area contributed by atoms with Gasteiger partial charge in [-0.2, -0.15) is 0 Å². The maximum atomic E-state index is 2.74. The molecule has 82 valence electrons. The molecule has 0 amide bonds. The van der Waals surface area contributed by atoms with Gasteiger partial charge in [-0.1, -0.05) is 13.8 Å². The molecule has 1 saturated heterocycles. The van der Waals surface area contributed by atoms with Gasteiger partial charge < -0.3 is 0 Å². The molecule has 3 unspecified atom stereocenters. The third-order valence-corrected chi connectivity index (χ3v) is 4.46. The fraction of sp³-hybridized carbons (Fsp3) is 1.00. The first-order valence-corrected chi connectivity index (χ1v) is 6.37. The molecule has 1 heteroatoms. The summed E-state index contributed by atoms with van der Waals surface area (Å²) in [5, 5.41) is 0. The van der Waals surface area contributed by atoms with Crippen molar-refractivity contribution >= 4 is 0 Å². The van der Waals surface area contributed by atoms with Crippen molar-refractivity contribution in [3.63, 3.8) is 0 Å². The van der Waals surface area contributed by atoms with E-state index >= 15 is 0 Å². The molecule has 1 saturated carbocycles. The minimum Gasteiger partial charge on any atom is -0.298 e. The maximum absolute atomic E-state index is 2.74. The summed E-state index contributed by atoms with van der Waals surface area (Å²) < 4.78 is 0. The van der Waals surface area contributed by atoms with Gasteiger partial charge in [-0.3, -0.25) is 4.90 Å². The van der Waals surface area contributed by atoms with Crippen LogP contribution in [0, 0.1) is 17.8 Å². The van der Waals surface area contributed by atoms with Crippen LogP contribution < -0.4 is 0 Å². The van der Waals surface area contributed by atoms with E-state index in [0.29, 0.717) is 0 Å². The molecule has 3 atom stereocenters. The first kappa shape index (κ1) is 10.5. The number of hydrogen-bond donors (Lipinski definition) is 0. The van der Waals surface area contributed by atoms with Crippen molar-refractivity contribution in [3.05, 3.63) is 0 Å². The molecular weight excluding hydrogens is 170 g/mol. The van der Waals surface area contributed by atoms with Crippen LogP contribution in [0.3, 0.4) is 0 Å². The molecule has 2 rings (SSSR count). The highest BCUT2D eigenvalue weighted by molar-refractivity contribution is 4.99. The maximum Gasteiger partial charge on any atom is 0.0132 e. The molecule has 2 fully saturated rings. The van der Waals surface area contributed by atoms with Gasteiger partial charge in [-0.15, -0.1) is 0 Å². The smallest absolute Gasteiger partial charge is 0.0132 e. The summed E-state index contributed by atoms with van der Waals surface area (Å²) in [6, 6.07) is 1.70. The lowest BCUT2D eigenvalue weighted by Gasteiger charge is -2.56. The predicted octanol–water partition coefficient (Wildman–Crippen LogP) is 3.15. The van der Waals surface area contributed by atoms with Gasteiger partial charge in [0.05, 0.1) is 0 Å². The molecule has 1 nitrogen and oxygen atoms in total. The van der Waals surface area contributed by atoms with Crippen LogP contribution in [0.4, 0.5) is 0 Å². The molecule has 0 radical (unpaired) electrons. The number of rotatable bonds is 2. The van der Waals surface area contributed by atoms with Crippen LogP contribution in [0.25, 0.3) is 0 Å². The van der Waals surface area contributed by atoms with Gasteiger partial charge in [0.1, 0.15) is 0 Å². The van der Waals surface area contributed by atoms with Gasteiger partial charge in [0.25, 0.3) is 0 Å². The monoisotopic (exact) mass is 195 g/mol. The highest BCUT2D eigenvalue weighted by Gasteiger charge is 2.47. The number of piperidine rings is 1. The molecule has 1 heterocycles. The van der Waals surface area contributed by atoms with Gasteiger partial charge in [0.2, 0.25) is 0 Å². The van der Waals surface area contributed by atoms with Crippen molar-refractivity contribution in [1.29, 1.82) is 0 Å². The van der Waals surface area contributed by atoms with Gasteiger partial charge in [0.15, 0.2) is 0 Å². The molecule has 0 bridgehead atoms.